The number of amides is 2. The number of nitrogens with two attached hydrogens (primary N) is 1. The molecule has 0 aliphatic heterocycles. The molecule has 0 saturated heterocycles. The Labute approximate surface area is 136 Å². The highest BCUT2D eigenvalue weighted by Gasteiger charge is 2.20. The van der Waals surface area contributed by atoms with Gasteiger partial charge >= 0.3 is 0 Å². The smallest absolute Gasteiger partial charge is 0.262 e. The minimum absolute atomic E-state index is 0.145. The summed E-state index contributed by atoms with van der Waals surface area (Å²) in [4.78, 5) is 24.7. The average molecular weight is 343 g/mol. The maximum atomic E-state index is 11.9. The Hall–Kier alpha value is -1.24. The van der Waals surface area contributed by atoms with Crippen LogP contribution < -0.4 is 11.1 Å². The van der Waals surface area contributed by atoms with Gasteiger partial charge in [-0.25, -0.2) is 0 Å². The molecule has 1 aliphatic rings. The largest absolute Gasteiger partial charge is 0.366 e. The first-order valence-electron chi connectivity index (χ1n) is 6.36. The molecule has 0 unspecified atom stereocenters. The van der Waals surface area contributed by atoms with Gasteiger partial charge in [0, 0.05) is 5.57 Å². The summed E-state index contributed by atoms with van der Waals surface area (Å²) < 4.78 is 0.589. The zero-order valence-electron chi connectivity index (χ0n) is 11.3. The zero-order chi connectivity index (χ0) is 15.4. The van der Waals surface area contributed by atoms with E-state index in [2.05, 4.69) is 11.9 Å². The van der Waals surface area contributed by atoms with E-state index in [1.54, 1.807) is 12.1 Å². The van der Waals surface area contributed by atoms with Crippen LogP contribution in [0.5, 0.6) is 0 Å². The lowest BCUT2D eigenvalue weighted by Gasteiger charge is -2.08. The molecule has 7 heteroatoms. The minimum atomic E-state index is -0.484. The quantitative estimate of drug-likeness (QED) is 0.615. The molecule has 0 saturated carbocycles. The van der Waals surface area contributed by atoms with Crippen molar-refractivity contribution in [2.24, 2.45) is 5.73 Å². The molecule has 2 rings (SSSR count). The molecule has 4 nitrogen and oxygen atoms in total. The highest BCUT2D eigenvalue weighted by atomic mass is 35.5. The first kappa shape index (κ1) is 16.1. The van der Waals surface area contributed by atoms with E-state index in [1.807, 2.05) is 0 Å². The highest BCUT2D eigenvalue weighted by molar-refractivity contribution is 8.03. The van der Waals surface area contributed by atoms with Crippen molar-refractivity contribution in [3.8, 4) is 0 Å². The minimum Gasteiger partial charge on any atom is -0.366 e. The Morgan fingerprint density at radius 1 is 1.43 bits per heavy atom. The Bertz CT molecular complexity index is 622. The first-order chi connectivity index (χ1) is 9.99. The predicted octanol–water partition coefficient (Wildman–Crippen LogP) is 3.30. The third-order valence-corrected chi connectivity index (χ3v) is 5.42. The van der Waals surface area contributed by atoms with E-state index in [4.69, 9.17) is 17.3 Å². The fraction of sp³-hybridized carbons (Fsp3) is 0.286. The van der Waals surface area contributed by atoms with Gasteiger partial charge in [0.25, 0.3) is 5.91 Å². The Morgan fingerprint density at radius 2 is 2.19 bits per heavy atom. The van der Waals surface area contributed by atoms with E-state index >= 15 is 0 Å². The summed E-state index contributed by atoms with van der Waals surface area (Å²) in [7, 11) is 0. The van der Waals surface area contributed by atoms with Gasteiger partial charge in [0.15, 0.2) is 0 Å². The molecule has 21 heavy (non-hydrogen) atoms. The van der Waals surface area contributed by atoms with Crippen molar-refractivity contribution >= 4 is 46.5 Å². The van der Waals surface area contributed by atoms with E-state index < -0.39 is 5.91 Å². The molecule has 0 fully saturated rings. The van der Waals surface area contributed by atoms with Gasteiger partial charge < -0.3 is 11.1 Å². The Morgan fingerprint density at radius 3 is 2.81 bits per heavy atom. The maximum Gasteiger partial charge on any atom is 0.262 e. The molecule has 1 aromatic heterocycles. The topological polar surface area (TPSA) is 72.2 Å². The van der Waals surface area contributed by atoms with Crippen LogP contribution in [0.2, 0.25) is 4.34 Å². The molecule has 2 amide bonds. The van der Waals surface area contributed by atoms with Crippen LogP contribution in [-0.4, -0.2) is 17.7 Å². The number of nitrogens with one attached hydrogen (secondary N) is 1. The van der Waals surface area contributed by atoms with E-state index in [9.17, 15) is 9.59 Å². The van der Waals surface area contributed by atoms with Crippen LogP contribution in [0.15, 0.2) is 34.8 Å². The van der Waals surface area contributed by atoms with Crippen LogP contribution >= 0.6 is 34.7 Å². The molecule has 0 aromatic carbocycles. The Balaban J connectivity index is 1.90. The van der Waals surface area contributed by atoms with Gasteiger partial charge in [0.2, 0.25) is 5.91 Å². The van der Waals surface area contributed by atoms with Gasteiger partial charge in [-0.1, -0.05) is 18.2 Å². The van der Waals surface area contributed by atoms with Gasteiger partial charge in [-0.15, -0.1) is 23.1 Å². The molecule has 1 aliphatic carbocycles. The van der Waals surface area contributed by atoms with E-state index in [1.165, 1.54) is 23.1 Å². The van der Waals surface area contributed by atoms with Gasteiger partial charge in [-0.3, -0.25) is 9.59 Å². The molecular weight excluding hydrogens is 328 g/mol. The molecule has 112 valence electrons. The second kappa shape index (κ2) is 7.15. The van der Waals surface area contributed by atoms with Gasteiger partial charge in [-0.05, 0) is 41.9 Å². The monoisotopic (exact) mass is 342 g/mol. The van der Waals surface area contributed by atoms with Gasteiger partial charge in [-0.2, -0.15) is 0 Å². The molecule has 0 atom stereocenters. The fourth-order valence-corrected chi connectivity index (χ4v) is 4.08. The summed E-state index contributed by atoms with van der Waals surface area (Å²) in [5.74, 6) is -0.185. The summed E-state index contributed by atoms with van der Waals surface area (Å²) in [5, 5.41) is 2.82. The zero-order valence-corrected chi connectivity index (χ0v) is 13.7. The van der Waals surface area contributed by atoms with Gasteiger partial charge in [0.05, 0.1) is 15.1 Å². The number of hydrogen-bond acceptors (Lipinski definition) is 4. The number of allylic oxidation sites excluding steroid dienone is 1. The third-order valence-electron chi connectivity index (χ3n) is 3.11. The van der Waals surface area contributed by atoms with Crippen LogP contribution in [0.25, 0.3) is 0 Å². The first-order valence-corrected chi connectivity index (χ1v) is 8.54. The van der Waals surface area contributed by atoms with Crippen LogP contribution in [-0.2, 0) is 4.79 Å². The summed E-state index contributed by atoms with van der Waals surface area (Å²) in [6.45, 7) is 3.73. The number of rotatable bonds is 6. The SMILES string of the molecule is C=C(C(N)=O)C1=C(SCNC(=O)c2ccc(Cl)s2)CCC1. The van der Waals surface area contributed by atoms with Crippen molar-refractivity contribution in [2.45, 2.75) is 19.3 Å². The third kappa shape index (κ3) is 4.12. The summed E-state index contributed by atoms with van der Waals surface area (Å²) in [6, 6.07) is 3.39. The van der Waals surface area contributed by atoms with Crippen molar-refractivity contribution in [3.63, 3.8) is 0 Å². The number of halogens is 1. The number of hydrogen-bond donors (Lipinski definition) is 2. The van der Waals surface area contributed by atoms with Gasteiger partial charge in [0.1, 0.15) is 0 Å². The molecule has 0 bridgehead atoms. The highest BCUT2D eigenvalue weighted by Crippen LogP contribution is 2.37. The van der Waals surface area contributed by atoms with Crippen LogP contribution in [0, 0.1) is 0 Å². The fourth-order valence-electron chi connectivity index (χ4n) is 2.06. The van der Waals surface area contributed by atoms with E-state index in [-0.39, 0.29) is 5.91 Å². The lowest BCUT2D eigenvalue weighted by molar-refractivity contribution is -0.114. The van der Waals surface area contributed by atoms with Crippen molar-refractivity contribution in [2.75, 3.05) is 5.88 Å². The van der Waals surface area contributed by atoms with Crippen molar-refractivity contribution in [1.29, 1.82) is 0 Å². The normalized spacial score (nSPS) is 14.3. The van der Waals surface area contributed by atoms with E-state index in [0.717, 1.165) is 29.7 Å². The van der Waals surface area contributed by atoms with Crippen molar-refractivity contribution in [1.82, 2.24) is 5.32 Å². The molecule has 0 radical (unpaired) electrons. The van der Waals surface area contributed by atoms with Crippen molar-refractivity contribution in [3.05, 3.63) is 44.0 Å². The molecule has 3 N–H and O–H groups in total. The second-order valence-electron chi connectivity index (χ2n) is 4.50. The summed E-state index contributed by atoms with van der Waals surface area (Å²) >= 11 is 8.56. The molecule has 1 aromatic rings. The lowest BCUT2D eigenvalue weighted by Crippen LogP contribution is -2.21. The predicted molar refractivity (Wildman–Crippen MR) is 88.5 cm³/mol. The number of carbonyl (C=O) groups excluding carboxylic acids is 2. The number of thiophene rings is 1. The van der Waals surface area contributed by atoms with E-state index in [0.29, 0.717) is 20.7 Å². The summed E-state index contributed by atoms with van der Waals surface area (Å²) in [6.07, 6.45) is 2.70. The maximum absolute atomic E-state index is 11.9. The van der Waals surface area contributed by atoms with Crippen LogP contribution in [0.1, 0.15) is 28.9 Å². The Kier molecular flexibility index (Phi) is 5.50. The molecular formula is C14H15ClN2O2S2. The standard InChI is InChI=1S/C14H15ClN2O2S2/c1-8(13(16)18)9-3-2-4-10(9)20-7-17-14(19)11-5-6-12(15)21-11/h5-6H,1-4,7H2,(H2,16,18)(H,17,19). The lowest BCUT2D eigenvalue weighted by atomic mass is 10.1. The van der Waals surface area contributed by atoms with Crippen LogP contribution in [0.3, 0.4) is 0 Å². The summed E-state index contributed by atoms with van der Waals surface area (Å²) in [5.41, 5.74) is 6.58. The second-order valence-corrected chi connectivity index (χ2v) is 7.28. The molecule has 1 heterocycles. The molecule has 0 spiro atoms. The van der Waals surface area contributed by atoms with Crippen LogP contribution in [0.4, 0.5) is 0 Å². The number of primary amides is 1. The van der Waals surface area contributed by atoms with Crippen molar-refractivity contribution < 1.29 is 9.59 Å². The number of carbonyl (C=O) groups is 2. The average Bonchev–Trinajstić information content (AvgIpc) is 3.06. The number of thioether (sulfide) groups is 1.